The molecule has 4 rings (SSSR count). The highest BCUT2D eigenvalue weighted by Crippen LogP contribution is 2.41. The van der Waals surface area contributed by atoms with Gasteiger partial charge in [0.05, 0.1) is 24.2 Å². The Balaban J connectivity index is 1.78. The number of hydrogen-bond acceptors (Lipinski definition) is 6. The van der Waals surface area contributed by atoms with Gasteiger partial charge < -0.3 is 18.8 Å². The Morgan fingerprint density at radius 1 is 1.10 bits per heavy atom. The van der Waals surface area contributed by atoms with Gasteiger partial charge in [-0.3, -0.25) is 10.1 Å². The van der Waals surface area contributed by atoms with Crippen LogP contribution in [0.1, 0.15) is 25.7 Å². The number of rotatable bonds is 6. The van der Waals surface area contributed by atoms with Crippen molar-refractivity contribution in [3.63, 3.8) is 0 Å². The third kappa shape index (κ3) is 3.70. The van der Waals surface area contributed by atoms with Crippen LogP contribution in [0.4, 0.5) is 5.69 Å². The van der Waals surface area contributed by atoms with Gasteiger partial charge >= 0.3 is 0 Å². The van der Waals surface area contributed by atoms with Crippen LogP contribution < -0.4 is 9.47 Å². The summed E-state index contributed by atoms with van der Waals surface area (Å²) in [7, 11) is 5.22. The predicted octanol–water partition coefficient (Wildman–Crippen LogP) is 4.49. The number of aromatic nitrogens is 2. The van der Waals surface area contributed by atoms with Crippen molar-refractivity contribution < 1.29 is 19.1 Å². The van der Waals surface area contributed by atoms with Crippen molar-refractivity contribution in [3.05, 3.63) is 46.8 Å². The molecule has 0 atom stereocenters. The summed E-state index contributed by atoms with van der Waals surface area (Å²) in [5, 5.41) is 12.3. The molecule has 1 saturated carbocycles. The minimum atomic E-state index is -0.385. The van der Waals surface area contributed by atoms with Gasteiger partial charge in [0.15, 0.2) is 0 Å². The van der Waals surface area contributed by atoms with Crippen LogP contribution in [0.15, 0.2) is 36.7 Å². The number of fused-ring (bicyclic) bond motifs is 1. The molecule has 3 aromatic rings. The Bertz CT molecular complexity index is 1070. The highest BCUT2D eigenvalue weighted by Gasteiger charge is 2.25. The lowest BCUT2D eigenvalue weighted by atomic mass is 9.94. The average Bonchev–Trinajstić information content (AvgIpc) is 3.11. The van der Waals surface area contributed by atoms with Gasteiger partial charge in [-0.2, -0.15) is 0 Å². The summed E-state index contributed by atoms with van der Waals surface area (Å²) in [6.07, 6.45) is 7.62. The van der Waals surface area contributed by atoms with E-state index in [1.165, 1.54) is 6.07 Å². The first-order valence-corrected chi connectivity index (χ1v) is 9.98. The minimum Gasteiger partial charge on any atom is -0.490 e. The van der Waals surface area contributed by atoms with E-state index in [0.29, 0.717) is 17.2 Å². The van der Waals surface area contributed by atoms with Crippen molar-refractivity contribution in [2.45, 2.75) is 37.9 Å². The molecule has 30 heavy (non-hydrogen) atoms. The lowest BCUT2D eigenvalue weighted by Gasteiger charge is -2.28. The largest absolute Gasteiger partial charge is 0.490 e. The number of nitro benzene ring substituents is 1. The lowest BCUT2D eigenvalue weighted by Crippen LogP contribution is -2.27. The van der Waals surface area contributed by atoms with E-state index in [9.17, 15) is 10.1 Å². The second-order valence-electron chi connectivity index (χ2n) is 7.56. The summed E-state index contributed by atoms with van der Waals surface area (Å²) in [6.45, 7) is 0. The Morgan fingerprint density at radius 2 is 1.83 bits per heavy atom. The first-order valence-electron chi connectivity index (χ1n) is 9.98. The number of methoxy groups -OCH3 is 2. The van der Waals surface area contributed by atoms with Crippen molar-refractivity contribution in [1.82, 2.24) is 9.55 Å². The summed E-state index contributed by atoms with van der Waals surface area (Å²) >= 11 is 0. The van der Waals surface area contributed by atoms with Gasteiger partial charge in [0, 0.05) is 55.2 Å². The molecule has 1 aromatic carbocycles. The zero-order chi connectivity index (χ0) is 21.3. The van der Waals surface area contributed by atoms with Gasteiger partial charge in [0.2, 0.25) is 5.88 Å². The van der Waals surface area contributed by atoms with E-state index in [1.54, 1.807) is 32.5 Å². The molecule has 0 saturated heterocycles. The topological polar surface area (TPSA) is 88.7 Å². The van der Waals surface area contributed by atoms with Gasteiger partial charge in [-0.15, -0.1) is 0 Å². The van der Waals surface area contributed by atoms with Crippen molar-refractivity contribution in [2.24, 2.45) is 7.05 Å². The van der Waals surface area contributed by atoms with Gasteiger partial charge in [0.25, 0.3) is 5.69 Å². The van der Waals surface area contributed by atoms with E-state index in [1.807, 2.05) is 23.9 Å². The average molecular weight is 411 g/mol. The number of nitrogens with zero attached hydrogens (tertiary/aromatic N) is 3. The molecular formula is C22H25N3O5. The maximum Gasteiger partial charge on any atom is 0.270 e. The molecule has 2 heterocycles. The fraction of sp³-hybridized carbons (Fsp3) is 0.409. The first-order chi connectivity index (χ1) is 14.5. The SMILES string of the molecule is COc1nccc2c(-c3cc([N+](=O)[O-])ccc3OC3CCC(OC)CC3)cn(C)c12. The molecule has 1 aliphatic carbocycles. The standard InChI is InChI=1S/C22H25N3O5/c1-24-13-19(17-10-11-23-22(29-3)21(17)24)18-12-14(25(26)27)4-9-20(18)30-16-7-5-15(28-2)6-8-16/h4,9-13,15-16H,5-8H2,1-3H3. The molecule has 8 heteroatoms. The van der Waals surface area contributed by atoms with Crippen LogP contribution in [-0.4, -0.2) is 40.9 Å². The van der Waals surface area contributed by atoms with Crippen molar-refractivity contribution >= 4 is 16.6 Å². The minimum absolute atomic E-state index is 0.0264. The van der Waals surface area contributed by atoms with Crippen LogP contribution in [0.2, 0.25) is 0 Å². The van der Waals surface area contributed by atoms with Gasteiger partial charge in [-0.05, 0) is 37.8 Å². The van der Waals surface area contributed by atoms with E-state index in [0.717, 1.165) is 42.1 Å². The van der Waals surface area contributed by atoms with Crippen LogP contribution >= 0.6 is 0 Å². The number of benzene rings is 1. The van der Waals surface area contributed by atoms with Crippen LogP contribution in [0.25, 0.3) is 22.0 Å². The zero-order valence-electron chi connectivity index (χ0n) is 17.3. The molecule has 0 radical (unpaired) electrons. The molecule has 0 spiro atoms. The third-order valence-corrected chi connectivity index (χ3v) is 5.76. The molecule has 8 nitrogen and oxygen atoms in total. The number of ether oxygens (including phenoxy) is 3. The fourth-order valence-electron chi connectivity index (χ4n) is 4.19. The third-order valence-electron chi connectivity index (χ3n) is 5.76. The summed E-state index contributed by atoms with van der Waals surface area (Å²) in [4.78, 5) is 15.3. The summed E-state index contributed by atoms with van der Waals surface area (Å²) in [5.41, 5.74) is 2.39. The molecular weight excluding hydrogens is 386 g/mol. The quantitative estimate of drug-likeness (QED) is 0.438. The second kappa shape index (κ2) is 8.31. The molecule has 1 aliphatic rings. The summed E-state index contributed by atoms with van der Waals surface area (Å²) in [5.74, 6) is 1.15. The Labute approximate surface area is 174 Å². The Kier molecular flexibility index (Phi) is 5.59. The Hall–Kier alpha value is -3.13. The maximum absolute atomic E-state index is 11.4. The molecule has 0 bridgehead atoms. The molecule has 1 fully saturated rings. The van der Waals surface area contributed by atoms with Gasteiger partial charge in [-0.25, -0.2) is 4.98 Å². The van der Waals surface area contributed by atoms with Crippen LogP contribution in [0.3, 0.4) is 0 Å². The predicted molar refractivity (Wildman–Crippen MR) is 113 cm³/mol. The molecule has 0 aliphatic heterocycles. The van der Waals surface area contributed by atoms with Crippen molar-refractivity contribution in [2.75, 3.05) is 14.2 Å². The van der Waals surface area contributed by atoms with E-state index >= 15 is 0 Å². The van der Waals surface area contributed by atoms with Gasteiger partial charge in [-0.1, -0.05) is 0 Å². The number of non-ortho nitro benzene ring substituents is 1. The Morgan fingerprint density at radius 3 is 2.50 bits per heavy atom. The van der Waals surface area contributed by atoms with Crippen LogP contribution in [0, 0.1) is 10.1 Å². The molecule has 0 amide bonds. The number of hydrogen-bond donors (Lipinski definition) is 0. The molecule has 2 aromatic heterocycles. The van der Waals surface area contributed by atoms with E-state index in [2.05, 4.69) is 4.98 Å². The highest BCUT2D eigenvalue weighted by molar-refractivity contribution is 5.99. The first kappa shape index (κ1) is 20.2. The fourth-order valence-corrected chi connectivity index (χ4v) is 4.19. The van der Waals surface area contributed by atoms with Crippen LogP contribution in [-0.2, 0) is 11.8 Å². The highest BCUT2D eigenvalue weighted by atomic mass is 16.6. The van der Waals surface area contributed by atoms with E-state index in [4.69, 9.17) is 14.2 Å². The smallest absolute Gasteiger partial charge is 0.270 e. The molecule has 0 N–H and O–H groups in total. The maximum atomic E-state index is 11.4. The normalized spacial score (nSPS) is 19.0. The van der Waals surface area contributed by atoms with Gasteiger partial charge in [0.1, 0.15) is 11.3 Å². The number of nitro groups is 1. The lowest BCUT2D eigenvalue weighted by molar-refractivity contribution is -0.384. The summed E-state index contributed by atoms with van der Waals surface area (Å²) < 4.78 is 19.1. The number of aryl methyl sites for hydroxylation is 1. The zero-order valence-corrected chi connectivity index (χ0v) is 17.3. The monoisotopic (exact) mass is 411 g/mol. The van der Waals surface area contributed by atoms with Crippen molar-refractivity contribution in [1.29, 1.82) is 0 Å². The van der Waals surface area contributed by atoms with E-state index < -0.39 is 0 Å². The van der Waals surface area contributed by atoms with Crippen LogP contribution in [0.5, 0.6) is 11.6 Å². The van der Waals surface area contributed by atoms with E-state index in [-0.39, 0.29) is 22.8 Å². The molecule has 158 valence electrons. The summed E-state index contributed by atoms with van der Waals surface area (Å²) in [6, 6.07) is 6.66. The van der Waals surface area contributed by atoms with Crippen molar-refractivity contribution in [3.8, 4) is 22.8 Å². The second-order valence-corrected chi connectivity index (χ2v) is 7.56. The number of pyridine rings is 1. The molecule has 0 unspecified atom stereocenters.